The number of amides is 2. The molecule has 2 amide bonds. The Labute approximate surface area is 153 Å². The number of nitrogens with one attached hydrogen (secondary N) is 2. The summed E-state index contributed by atoms with van der Waals surface area (Å²) in [4.78, 5) is 25.1. The number of hydrogen-bond acceptors (Lipinski definition) is 2. The molecule has 2 unspecified atom stereocenters. The Bertz CT molecular complexity index is 731. The molecule has 4 fully saturated rings. The zero-order valence-corrected chi connectivity index (χ0v) is 15.6. The largest absolute Gasteiger partial charge is 0.273 e. The van der Waals surface area contributed by atoms with Crippen LogP contribution < -0.4 is 10.9 Å². The minimum absolute atomic E-state index is 0.0651. The van der Waals surface area contributed by atoms with E-state index in [-0.39, 0.29) is 16.7 Å². The molecule has 5 rings (SSSR count). The van der Waals surface area contributed by atoms with E-state index in [0.29, 0.717) is 17.4 Å². The van der Waals surface area contributed by atoms with Gasteiger partial charge in [-0.15, -0.1) is 11.6 Å². The van der Waals surface area contributed by atoms with Crippen molar-refractivity contribution in [1.29, 1.82) is 0 Å². The first-order valence-electron chi connectivity index (χ1n) is 9.16. The molecule has 4 aliphatic carbocycles. The smallest absolute Gasteiger partial charge is 0.269 e. The SMILES string of the molecule is Cc1ccc(C(=O)NNC(=O)C23C[C@@H]4C[C@@H](CC(Cl)(C4)C2)C3)c(C)c1. The molecule has 134 valence electrons. The van der Waals surface area contributed by atoms with Gasteiger partial charge >= 0.3 is 0 Å². The molecule has 4 bridgehead atoms. The quantitative estimate of drug-likeness (QED) is 0.624. The molecule has 0 heterocycles. The number of hydrazine groups is 1. The molecular formula is C20H25ClN2O2. The molecule has 5 heteroatoms. The number of aryl methyl sites for hydroxylation is 2. The average molecular weight is 361 g/mol. The second-order valence-corrected chi connectivity index (χ2v) is 9.42. The molecule has 4 saturated carbocycles. The highest BCUT2D eigenvalue weighted by Crippen LogP contribution is 2.63. The van der Waals surface area contributed by atoms with Crippen molar-refractivity contribution in [2.24, 2.45) is 17.3 Å². The molecule has 0 saturated heterocycles. The molecule has 1 aromatic rings. The minimum atomic E-state index is -0.401. The highest BCUT2D eigenvalue weighted by molar-refractivity contribution is 6.24. The van der Waals surface area contributed by atoms with Crippen LogP contribution in [0.15, 0.2) is 18.2 Å². The van der Waals surface area contributed by atoms with E-state index in [9.17, 15) is 9.59 Å². The van der Waals surface area contributed by atoms with E-state index in [4.69, 9.17) is 11.6 Å². The van der Waals surface area contributed by atoms with Crippen LogP contribution in [0.25, 0.3) is 0 Å². The van der Waals surface area contributed by atoms with E-state index in [1.165, 1.54) is 6.42 Å². The van der Waals surface area contributed by atoms with Crippen molar-refractivity contribution in [3.8, 4) is 0 Å². The molecule has 4 aliphatic rings. The van der Waals surface area contributed by atoms with Crippen LogP contribution in [-0.2, 0) is 4.79 Å². The Balaban J connectivity index is 1.45. The van der Waals surface area contributed by atoms with Crippen LogP contribution in [-0.4, -0.2) is 16.7 Å². The van der Waals surface area contributed by atoms with Crippen LogP contribution in [0.2, 0.25) is 0 Å². The predicted octanol–water partition coefficient (Wildman–Crippen LogP) is 3.64. The van der Waals surface area contributed by atoms with E-state index < -0.39 is 5.41 Å². The number of benzene rings is 1. The Morgan fingerprint density at radius 3 is 2.36 bits per heavy atom. The van der Waals surface area contributed by atoms with Crippen LogP contribution in [0.4, 0.5) is 0 Å². The van der Waals surface area contributed by atoms with Crippen molar-refractivity contribution in [3.63, 3.8) is 0 Å². The summed E-state index contributed by atoms with van der Waals surface area (Å²) in [5, 5.41) is 0. The normalized spacial score (nSPS) is 35.5. The fourth-order valence-corrected chi connectivity index (χ4v) is 6.49. The highest BCUT2D eigenvalue weighted by Gasteiger charge is 2.60. The molecule has 0 aliphatic heterocycles. The number of carbonyl (C=O) groups excluding carboxylic acids is 2. The number of halogens is 1. The van der Waals surface area contributed by atoms with E-state index in [0.717, 1.165) is 43.2 Å². The van der Waals surface area contributed by atoms with Crippen LogP contribution in [0.3, 0.4) is 0 Å². The van der Waals surface area contributed by atoms with Crippen molar-refractivity contribution >= 4 is 23.4 Å². The van der Waals surface area contributed by atoms with Gasteiger partial charge in [0.05, 0.1) is 5.41 Å². The van der Waals surface area contributed by atoms with Crippen LogP contribution in [0.5, 0.6) is 0 Å². The molecule has 0 spiro atoms. The lowest BCUT2D eigenvalue weighted by atomic mass is 9.49. The fraction of sp³-hybridized carbons (Fsp3) is 0.600. The summed E-state index contributed by atoms with van der Waals surface area (Å²) in [5.41, 5.74) is 7.52. The lowest BCUT2D eigenvalue weighted by Crippen LogP contribution is -2.60. The zero-order chi connectivity index (χ0) is 17.8. The fourth-order valence-electron chi connectivity index (χ4n) is 5.80. The first-order valence-corrected chi connectivity index (χ1v) is 9.53. The first-order chi connectivity index (χ1) is 11.8. The molecule has 0 aromatic heterocycles. The van der Waals surface area contributed by atoms with Gasteiger partial charge in [0.25, 0.3) is 5.91 Å². The van der Waals surface area contributed by atoms with E-state index in [1.54, 1.807) is 6.07 Å². The maximum atomic E-state index is 12.9. The summed E-state index contributed by atoms with van der Waals surface area (Å²) in [5.74, 6) is 0.778. The number of rotatable bonds is 2. The van der Waals surface area contributed by atoms with Gasteiger partial charge in [0.1, 0.15) is 0 Å². The summed E-state index contributed by atoms with van der Waals surface area (Å²) in [6.45, 7) is 3.89. The third-order valence-corrected chi connectivity index (χ3v) is 6.83. The van der Waals surface area contributed by atoms with Crippen LogP contribution >= 0.6 is 11.6 Å². The van der Waals surface area contributed by atoms with Crippen molar-refractivity contribution in [1.82, 2.24) is 10.9 Å². The molecule has 1 aromatic carbocycles. The van der Waals surface area contributed by atoms with Gasteiger partial charge in [-0.2, -0.15) is 0 Å². The topological polar surface area (TPSA) is 58.2 Å². The van der Waals surface area contributed by atoms with Crippen molar-refractivity contribution in [3.05, 3.63) is 34.9 Å². The predicted molar refractivity (Wildman–Crippen MR) is 97.2 cm³/mol. The summed E-state index contributed by atoms with van der Waals surface area (Å²) in [7, 11) is 0. The van der Waals surface area contributed by atoms with Gasteiger partial charge in [-0.1, -0.05) is 17.7 Å². The van der Waals surface area contributed by atoms with Gasteiger partial charge in [-0.25, -0.2) is 0 Å². The lowest BCUT2D eigenvalue weighted by Gasteiger charge is -2.59. The number of carbonyl (C=O) groups is 2. The Morgan fingerprint density at radius 2 is 1.76 bits per heavy atom. The zero-order valence-electron chi connectivity index (χ0n) is 14.8. The number of alkyl halides is 1. The first kappa shape index (κ1) is 16.9. The van der Waals surface area contributed by atoms with Gasteiger partial charge in [0.15, 0.2) is 0 Å². The maximum absolute atomic E-state index is 12.9. The molecule has 2 N–H and O–H groups in total. The third kappa shape index (κ3) is 2.95. The summed E-state index contributed by atoms with van der Waals surface area (Å²) in [6.07, 6.45) is 5.83. The van der Waals surface area contributed by atoms with Crippen LogP contribution in [0.1, 0.15) is 60.0 Å². The minimum Gasteiger partial charge on any atom is -0.273 e. The standard InChI is InChI=1S/C20H25ClN2O2/c1-12-3-4-16(13(2)5-12)17(24)22-23-18(25)19-7-14-6-15(8-19)10-20(21,9-14)11-19/h3-5,14-15H,6-11H2,1-2H3,(H,22,24)(H,23,25)/t14-,15+,19?,20?. The van der Waals surface area contributed by atoms with Crippen molar-refractivity contribution < 1.29 is 9.59 Å². The Morgan fingerprint density at radius 1 is 1.08 bits per heavy atom. The third-order valence-electron chi connectivity index (χ3n) is 6.39. The number of hydrogen-bond donors (Lipinski definition) is 2. The van der Waals surface area contributed by atoms with Crippen LogP contribution in [0, 0.1) is 31.1 Å². The van der Waals surface area contributed by atoms with Gasteiger partial charge in [0, 0.05) is 10.4 Å². The molecule has 4 nitrogen and oxygen atoms in total. The summed E-state index contributed by atoms with van der Waals surface area (Å²) in [6, 6.07) is 5.66. The lowest BCUT2D eigenvalue weighted by molar-refractivity contribution is -0.145. The van der Waals surface area contributed by atoms with Gasteiger partial charge in [-0.3, -0.25) is 20.4 Å². The molecule has 4 atom stereocenters. The van der Waals surface area contributed by atoms with Crippen molar-refractivity contribution in [2.75, 3.05) is 0 Å². The monoisotopic (exact) mass is 360 g/mol. The molecular weight excluding hydrogens is 336 g/mol. The van der Waals surface area contributed by atoms with Gasteiger partial charge in [0.2, 0.25) is 5.91 Å². The van der Waals surface area contributed by atoms with Gasteiger partial charge in [-0.05, 0) is 75.8 Å². The van der Waals surface area contributed by atoms with E-state index >= 15 is 0 Å². The molecule has 25 heavy (non-hydrogen) atoms. The highest BCUT2D eigenvalue weighted by atomic mass is 35.5. The van der Waals surface area contributed by atoms with E-state index in [2.05, 4.69) is 10.9 Å². The second-order valence-electron chi connectivity index (χ2n) is 8.62. The maximum Gasteiger partial charge on any atom is 0.269 e. The summed E-state index contributed by atoms with van der Waals surface area (Å²) >= 11 is 6.79. The Hall–Kier alpha value is -1.55. The van der Waals surface area contributed by atoms with E-state index in [1.807, 2.05) is 26.0 Å². The second kappa shape index (κ2) is 5.73. The van der Waals surface area contributed by atoms with Gasteiger partial charge < -0.3 is 0 Å². The molecule has 0 radical (unpaired) electrons. The summed E-state index contributed by atoms with van der Waals surface area (Å²) < 4.78 is 0. The Kier molecular flexibility index (Phi) is 3.87. The average Bonchev–Trinajstić information content (AvgIpc) is 2.49. The van der Waals surface area contributed by atoms with Crippen molar-refractivity contribution in [2.45, 2.75) is 57.2 Å².